The number of aromatic amines is 2. The zero-order valence-corrected chi connectivity index (χ0v) is 17.9. The van der Waals surface area contributed by atoms with E-state index in [4.69, 9.17) is 11.6 Å². The molecule has 0 bridgehead atoms. The van der Waals surface area contributed by atoms with Crippen LogP contribution in [0.2, 0.25) is 5.02 Å². The van der Waals surface area contributed by atoms with Gasteiger partial charge in [-0.3, -0.25) is 14.7 Å². The van der Waals surface area contributed by atoms with E-state index in [1.165, 1.54) is 30.3 Å². The highest BCUT2D eigenvalue weighted by atomic mass is 35.5. The zero-order chi connectivity index (χ0) is 22.2. The molecule has 3 N–H and O–H groups in total. The highest BCUT2D eigenvalue weighted by Crippen LogP contribution is 2.32. The lowest BCUT2D eigenvalue weighted by molar-refractivity contribution is 0.241. The number of hydrogen-bond donors (Lipinski definition) is 3. The van der Waals surface area contributed by atoms with Gasteiger partial charge in [0.05, 0.1) is 21.8 Å². The van der Waals surface area contributed by atoms with Crippen LogP contribution in [-0.2, 0) is 10.0 Å². The normalized spacial score (nSPS) is 16.1. The predicted octanol–water partition coefficient (Wildman–Crippen LogP) is 2.12. The van der Waals surface area contributed by atoms with Crippen LogP contribution < -0.4 is 16.0 Å². The summed E-state index contributed by atoms with van der Waals surface area (Å²) in [6, 6.07) is 7.64. The number of fused-ring (bicyclic) bond motifs is 1. The lowest BCUT2D eigenvalue weighted by Crippen LogP contribution is -2.37. The molecule has 164 valence electrons. The van der Waals surface area contributed by atoms with Gasteiger partial charge in [0, 0.05) is 17.1 Å². The second-order valence-corrected chi connectivity index (χ2v) is 9.54. The lowest BCUT2D eigenvalue weighted by atomic mass is 10.0. The van der Waals surface area contributed by atoms with E-state index < -0.39 is 33.1 Å². The fourth-order valence-electron chi connectivity index (χ4n) is 3.88. The smallest absolute Gasteiger partial charge is 0.307 e. The molecule has 3 aromatic rings. The molecule has 31 heavy (non-hydrogen) atoms. The Hall–Kier alpha value is -2.53. The molecule has 1 atom stereocenters. The van der Waals surface area contributed by atoms with E-state index in [1.807, 2.05) is 4.90 Å². The Morgan fingerprint density at radius 2 is 1.87 bits per heavy atom. The molecule has 1 aliphatic rings. The Morgan fingerprint density at radius 3 is 2.58 bits per heavy atom. The summed E-state index contributed by atoms with van der Waals surface area (Å²) in [5.74, 6) is -0.496. The van der Waals surface area contributed by atoms with Crippen LogP contribution >= 0.6 is 11.6 Å². The first kappa shape index (κ1) is 21.7. The molecule has 1 aromatic heterocycles. The number of likely N-dealkylation sites (tertiary alicyclic amines) is 1. The molecular weight excluding hydrogens is 447 g/mol. The summed E-state index contributed by atoms with van der Waals surface area (Å²) in [4.78, 5) is 29.8. The number of rotatable bonds is 6. The molecule has 1 saturated heterocycles. The van der Waals surface area contributed by atoms with Crippen molar-refractivity contribution in [2.24, 2.45) is 0 Å². The third-order valence-corrected chi connectivity index (χ3v) is 7.15. The first-order valence-corrected chi connectivity index (χ1v) is 11.6. The molecular formula is C20H20ClFN4O4S. The maximum Gasteiger partial charge on any atom is 0.326 e. The van der Waals surface area contributed by atoms with Gasteiger partial charge in [-0.15, -0.1) is 0 Å². The number of benzene rings is 2. The van der Waals surface area contributed by atoms with E-state index in [0.29, 0.717) is 13.1 Å². The molecule has 0 spiro atoms. The van der Waals surface area contributed by atoms with Gasteiger partial charge in [-0.1, -0.05) is 17.7 Å². The van der Waals surface area contributed by atoms with Crippen LogP contribution in [0.1, 0.15) is 24.4 Å². The summed E-state index contributed by atoms with van der Waals surface area (Å²) in [5, 5.41) is 0.271. The van der Waals surface area contributed by atoms with E-state index >= 15 is 0 Å². The van der Waals surface area contributed by atoms with Crippen LogP contribution in [0, 0.1) is 5.82 Å². The number of halogens is 2. The molecule has 0 aliphatic carbocycles. The molecule has 11 heteroatoms. The van der Waals surface area contributed by atoms with Crippen LogP contribution in [-0.4, -0.2) is 42.9 Å². The summed E-state index contributed by atoms with van der Waals surface area (Å²) in [7, 11) is -4.02. The lowest BCUT2D eigenvalue weighted by Gasteiger charge is -2.29. The van der Waals surface area contributed by atoms with Crippen LogP contribution in [0.4, 0.5) is 4.39 Å². The van der Waals surface area contributed by atoms with Crippen molar-refractivity contribution in [2.75, 3.05) is 19.6 Å². The van der Waals surface area contributed by atoms with Crippen molar-refractivity contribution in [3.8, 4) is 0 Å². The van der Waals surface area contributed by atoms with E-state index in [1.54, 1.807) is 6.07 Å². The average molecular weight is 467 g/mol. The second-order valence-electron chi connectivity index (χ2n) is 7.36. The standard InChI is InChI=1S/C20H20ClFN4O4S/c21-14-4-3-5-15(22)18(14)17(26-8-1-2-9-26)11-23-31(29,30)12-6-7-16-13(10-12)19(27)25-20(28)24-16/h3-7,10,17,23H,1-2,8-9,11H2,(H2,24,25,27,28). The Balaban J connectivity index is 1.65. The monoisotopic (exact) mass is 466 g/mol. The first-order valence-electron chi connectivity index (χ1n) is 9.70. The van der Waals surface area contributed by atoms with Crippen molar-refractivity contribution < 1.29 is 12.8 Å². The fourth-order valence-corrected chi connectivity index (χ4v) is 5.23. The Kier molecular flexibility index (Phi) is 5.98. The molecule has 0 amide bonds. The van der Waals surface area contributed by atoms with Gasteiger partial charge in [-0.05, 0) is 56.3 Å². The third-order valence-electron chi connectivity index (χ3n) is 5.40. The van der Waals surface area contributed by atoms with Crippen molar-refractivity contribution in [1.29, 1.82) is 0 Å². The van der Waals surface area contributed by atoms with E-state index in [-0.39, 0.29) is 32.9 Å². The molecule has 0 saturated carbocycles. The predicted molar refractivity (Wildman–Crippen MR) is 115 cm³/mol. The molecule has 2 aromatic carbocycles. The molecule has 4 rings (SSSR count). The number of aromatic nitrogens is 2. The SMILES string of the molecule is O=c1[nH]c(=O)c2cc(S(=O)(=O)NCC(c3c(F)cccc3Cl)N3CCCC3)ccc2[nH]1. The molecule has 1 fully saturated rings. The first-order chi connectivity index (χ1) is 14.8. The highest BCUT2D eigenvalue weighted by molar-refractivity contribution is 7.89. The Labute approximate surface area is 182 Å². The van der Waals surface area contributed by atoms with Gasteiger partial charge in [0.25, 0.3) is 5.56 Å². The van der Waals surface area contributed by atoms with Gasteiger partial charge < -0.3 is 4.98 Å². The van der Waals surface area contributed by atoms with Crippen LogP contribution in [0.3, 0.4) is 0 Å². The number of hydrogen-bond acceptors (Lipinski definition) is 5. The quantitative estimate of drug-likeness (QED) is 0.514. The summed E-state index contributed by atoms with van der Waals surface area (Å²) in [6.45, 7) is 1.31. The molecule has 1 aliphatic heterocycles. The van der Waals surface area contributed by atoms with Gasteiger partial charge in [-0.2, -0.15) is 0 Å². The average Bonchev–Trinajstić information content (AvgIpc) is 3.24. The fraction of sp³-hybridized carbons (Fsp3) is 0.300. The van der Waals surface area contributed by atoms with Crippen LogP contribution in [0.5, 0.6) is 0 Å². The highest BCUT2D eigenvalue weighted by Gasteiger charge is 2.29. The maximum atomic E-state index is 14.6. The number of nitrogens with one attached hydrogen (secondary N) is 3. The Bertz CT molecular complexity index is 1330. The molecule has 8 nitrogen and oxygen atoms in total. The summed E-state index contributed by atoms with van der Waals surface area (Å²) in [5.41, 5.74) is -0.896. The topological polar surface area (TPSA) is 115 Å². The van der Waals surface area contributed by atoms with Gasteiger partial charge in [0.1, 0.15) is 5.82 Å². The van der Waals surface area contributed by atoms with Crippen molar-refractivity contribution in [1.82, 2.24) is 19.6 Å². The maximum absolute atomic E-state index is 14.6. The van der Waals surface area contributed by atoms with Gasteiger partial charge >= 0.3 is 5.69 Å². The molecule has 0 radical (unpaired) electrons. The zero-order valence-electron chi connectivity index (χ0n) is 16.3. The summed E-state index contributed by atoms with van der Waals surface area (Å²) >= 11 is 6.25. The van der Waals surface area contributed by atoms with E-state index in [0.717, 1.165) is 12.8 Å². The van der Waals surface area contributed by atoms with Crippen LogP contribution in [0.15, 0.2) is 50.9 Å². The van der Waals surface area contributed by atoms with Crippen LogP contribution in [0.25, 0.3) is 10.9 Å². The van der Waals surface area contributed by atoms with Gasteiger partial charge in [0.2, 0.25) is 10.0 Å². The van der Waals surface area contributed by atoms with Gasteiger partial charge in [0.15, 0.2) is 0 Å². The minimum atomic E-state index is -4.02. The second kappa shape index (κ2) is 8.54. The Morgan fingerprint density at radius 1 is 1.13 bits per heavy atom. The van der Waals surface area contributed by atoms with Gasteiger partial charge in [-0.25, -0.2) is 22.3 Å². The number of H-pyrrole nitrogens is 2. The molecule has 1 unspecified atom stereocenters. The number of nitrogens with zero attached hydrogens (tertiary/aromatic N) is 1. The summed E-state index contributed by atoms with van der Waals surface area (Å²) in [6.07, 6.45) is 1.86. The van der Waals surface area contributed by atoms with Crippen molar-refractivity contribution in [3.05, 3.63) is 73.6 Å². The van der Waals surface area contributed by atoms with E-state index in [9.17, 15) is 22.4 Å². The third kappa shape index (κ3) is 4.42. The van der Waals surface area contributed by atoms with E-state index in [2.05, 4.69) is 14.7 Å². The largest absolute Gasteiger partial charge is 0.326 e. The molecule has 2 heterocycles. The van der Waals surface area contributed by atoms with Crippen molar-refractivity contribution in [2.45, 2.75) is 23.8 Å². The van der Waals surface area contributed by atoms with Crippen molar-refractivity contribution >= 4 is 32.5 Å². The minimum Gasteiger partial charge on any atom is -0.307 e. The summed E-state index contributed by atoms with van der Waals surface area (Å²) < 4.78 is 43.0. The van der Waals surface area contributed by atoms with Crippen molar-refractivity contribution in [3.63, 3.8) is 0 Å². The number of sulfonamides is 1. The minimum absolute atomic E-state index is 0.0377.